The van der Waals surface area contributed by atoms with Crippen molar-refractivity contribution in [2.75, 3.05) is 39.3 Å². The molecule has 2 fully saturated rings. The van der Waals surface area contributed by atoms with E-state index in [2.05, 4.69) is 38.6 Å². The molecule has 0 unspecified atom stereocenters. The van der Waals surface area contributed by atoms with E-state index in [4.69, 9.17) is 4.98 Å². The van der Waals surface area contributed by atoms with Gasteiger partial charge in [-0.1, -0.05) is 36.4 Å². The van der Waals surface area contributed by atoms with Crippen LogP contribution in [0.5, 0.6) is 0 Å². The quantitative estimate of drug-likeness (QED) is 0.350. The van der Waals surface area contributed by atoms with Gasteiger partial charge in [0.15, 0.2) is 0 Å². The third-order valence-electron chi connectivity index (χ3n) is 7.94. The van der Waals surface area contributed by atoms with E-state index < -0.39 is 0 Å². The summed E-state index contributed by atoms with van der Waals surface area (Å²) in [6, 6.07) is 14.4. The van der Waals surface area contributed by atoms with E-state index in [-0.39, 0.29) is 11.8 Å². The van der Waals surface area contributed by atoms with E-state index in [9.17, 15) is 9.59 Å². The lowest BCUT2D eigenvalue weighted by Crippen LogP contribution is -2.26. The van der Waals surface area contributed by atoms with Crippen LogP contribution in [0.2, 0.25) is 0 Å². The van der Waals surface area contributed by atoms with Crippen LogP contribution < -0.4 is 10.6 Å². The summed E-state index contributed by atoms with van der Waals surface area (Å²) in [7, 11) is 0. The van der Waals surface area contributed by atoms with Crippen LogP contribution in [0.3, 0.4) is 0 Å². The number of rotatable bonds is 12. The van der Waals surface area contributed by atoms with E-state index in [0.717, 1.165) is 58.9 Å². The minimum absolute atomic E-state index is 0.0927. The van der Waals surface area contributed by atoms with Crippen LogP contribution in [0, 0.1) is 0 Å². The number of carbonyl (C=O) groups excluding carboxylic acids is 2. The van der Waals surface area contributed by atoms with Gasteiger partial charge in [-0.3, -0.25) is 9.59 Å². The highest BCUT2D eigenvalue weighted by molar-refractivity contribution is 5.95. The molecule has 0 aliphatic carbocycles. The second-order valence-electron chi connectivity index (χ2n) is 10.8. The first kappa shape index (κ1) is 26.6. The first-order chi connectivity index (χ1) is 18.7. The van der Waals surface area contributed by atoms with E-state index in [1.165, 1.54) is 51.9 Å². The number of fused-ring (bicyclic) bond motifs is 2. The Kier molecular flexibility index (Phi) is 9.20. The van der Waals surface area contributed by atoms with Crippen molar-refractivity contribution in [1.82, 2.24) is 25.4 Å². The first-order valence-corrected chi connectivity index (χ1v) is 14.4. The van der Waals surface area contributed by atoms with Crippen molar-refractivity contribution in [2.45, 2.75) is 64.5 Å². The van der Waals surface area contributed by atoms with E-state index in [1.807, 2.05) is 24.3 Å². The molecular formula is C31H41N5O2. The number of hydrogen-bond donors (Lipinski definition) is 2. The predicted molar refractivity (Wildman–Crippen MR) is 153 cm³/mol. The molecule has 0 bridgehead atoms. The van der Waals surface area contributed by atoms with Gasteiger partial charge in [-0.15, -0.1) is 0 Å². The fourth-order valence-electron chi connectivity index (χ4n) is 5.80. The van der Waals surface area contributed by atoms with Crippen LogP contribution in [-0.2, 0) is 22.7 Å². The number of likely N-dealkylation sites (tertiary alicyclic amines) is 2. The maximum Gasteiger partial charge on any atom is 0.220 e. The monoisotopic (exact) mass is 515 g/mol. The minimum atomic E-state index is 0.0927. The predicted octanol–water partition coefficient (Wildman–Crippen LogP) is 4.37. The highest BCUT2D eigenvalue weighted by Gasteiger charge is 2.14. The fourth-order valence-corrected chi connectivity index (χ4v) is 5.80. The summed E-state index contributed by atoms with van der Waals surface area (Å²) in [5.41, 5.74) is 3.83. The summed E-state index contributed by atoms with van der Waals surface area (Å²) in [5, 5.41) is 8.32. The Hall–Kier alpha value is -3.03. The summed E-state index contributed by atoms with van der Waals surface area (Å²) in [5.74, 6) is 0.185. The summed E-state index contributed by atoms with van der Waals surface area (Å²) in [4.78, 5) is 34.9. The average molecular weight is 516 g/mol. The second-order valence-corrected chi connectivity index (χ2v) is 10.8. The molecule has 3 aromatic rings. The number of carbonyl (C=O) groups is 2. The second kappa shape index (κ2) is 13.2. The summed E-state index contributed by atoms with van der Waals surface area (Å²) < 4.78 is 0. The van der Waals surface area contributed by atoms with Gasteiger partial charge in [-0.05, 0) is 95.0 Å². The van der Waals surface area contributed by atoms with Gasteiger partial charge in [0.1, 0.15) is 0 Å². The fraction of sp³-hybridized carbons (Fsp3) is 0.516. The number of nitrogens with zero attached hydrogens (tertiary/aromatic N) is 3. The Morgan fingerprint density at radius 2 is 1.13 bits per heavy atom. The van der Waals surface area contributed by atoms with Crippen molar-refractivity contribution in [3.05, 3.63) is 53.6 Å². The summed E-state index contributed by atoms with van der Waals surface area (Å²) in [6.07, 6.45) is 8.03. The smallest absolute Gasteiger partial charge is 0.220 e. The maximum atomic E-state index is 12.5. The molecule has 2 N–H and O–H groups in total. The zero-order valence-corrected chi connectivity index (χ0v) is 22.5. The summed E-state index contributed by atoms with van der Waals surface area (Å²) in [6.45, 7) is 7.62. The third kappa shape index (κ3) is 7.08. The number of nitrogens with one attached hydrogen (secondary N) is 2. The number of hydrogen-bond acceptors (Lipinski definition) is 5. The standard InChI is InChI=1S/C31H41N5O2/c37-28(13-7-19-35-15-1-2-16-35)32-22-26-11-5-9-24-21-25-10-6-12-27(31(25)34-30(24)26)23-33-29(38)14-8-20-36-17-3-4-18-36/h5-6,9-12,21H,1-4,7-8,13-20,22-23H2,(H,32,37)(H,33,38). The minimum Gasteiger partial charge on any atom is -0.352 e. The first-order valence-electron chi connectivity index (χ1n) is 14.4. The largest absolute Gasteiger partial charge is 0.352 e. The topological polar surface area (TPSA) is 77.6 Å². The lowest BCUT2D eigenvalue weighted by molar-refractivity contribution is -0.122. The number of benzene rings is 2. The molecule has 7 heteroatoms. The molecule has 5 rings (SSSR count). The van der Waals surface area contributed by atoms with Gasteiger partial charge in [0.2, 0.25) is 11.8 Å². The molecule has 0 atom stereocenters. The molecule has 202 valence electrons. The van der Waals surface area contributed by atoms with E-state index >= 15 is 0 Å². The maximum absolute atomic E-state index is 12.5. The molecule has 2 aliphatic rings. The lowest BCUT2D eigenvalue weighted by atomic mass is 10.0. The van der Waals surface area contributed by atoms with Crippen molar-refractivity contribution in [3.8, 4) is 0 Å². The third-order valence-corrected chi connectivity index (χ3v) is 7.94. The van der Waals surface area contributed by atoms with Crippen LogP contribution in [0.15, 0.2) is 42.5 Å². The molecule has 2 saturated heterocycles. The van der Waals surface area contributed by atoms with Gasteiger partial charge in [-0.2, -0.15) is 0 Å². The van der Waals surface area contributed by atoms with Gasteiger partial charge < -0.3 is 20.4 Å². The van der Waals surface area contributed by atoms with Gasteiger partial charge in [0.05, 0.1) is 11.0 Å². The van der Waals surface area contributed by atoms with Crippen LogP contribution in [0.1, 0.15) is 62.5 Å². The normalized spacial score (nSPS) is 16.4. The lowest BCUT2D eigenvalue weighted by Gasteiger charge is -2.14. The molecule has 1 aromatic heterocycles. The molecule has 2 aliphatic heterocycles. The number of pyridine rings is 1. The highest BCUT2D eigenvalue weighted by atomic mass is 16.2. The van der Waals surface area contributed by atoms with Gasteiger partial charge in [-0.25, -0.2) is 4.98 Å². The van der Waals surface area contributed by atoms with Crippen LogP contribution in [-0.4, -0.2) is 65.9 Å². The SMILES string of the molecule is O=C(CCCN1CCCC1)NCc1cccc2cc3cccc(CNC(=O)CCCN4CCCC4)c3nc12. The van der Waals surface area contributed by atoms with Crippen molar-refractivity contribution in [3.63, 3.8) is 0 Å². The molecule has 3 heterocycles. The molecule has 0 saturated carbocycles. The van der Waals surface area contributed by atoms with Gasteiger partial charge >= 0.3 is 0 Å². The molecule has 7 nitrogen and oxygen atoms in total. The van der Waals surface area contributed by atoms with Crippen LogP contribution in [0.4, 0.5) is 0 Å². The Labute approximate surface area is 226 Å². The molecule has 0 spiro atoms. The highest BCUT2D eigenvalue weighted by Crippen LogP contribution is 2.25. The van der Waals surface area contributed by atoms with Crippen LogP contribution in [0.25, 0.3) is 21.8 Å². The molecule has 0 radical (unpaired) electrons. The molecular weight excluding hydrogens is 474 g/mol. The zero-order chi connectivity index (χ0) is 26.2. The van der Waals surface area contributed by atoms with E-state index in [0.29, 0.717) is 25.9 Å². The van der Waals surface area contributed by atoms with Crippen molar-refractivity contribution in [1.29, 1.82) is 0 Å². The van der Waals surface area contributed by atoms with Crippen LogP contribution >= 0.6 is 0 Å². The van der Waals surface area contributed by atoms with Crippen molar-refractivity contribution >= 4 is 33.6 Å². The van der Waals surface area contributed by atoms with Crippen molar-refractivity contribution < 1.29 is 9.59 Å². The Morgan fingerprint density at radius 3 is 1.58 bits per heavy atom. The number of aromatic nitrogens is 1. The summed E-state index contributed by atoms with van der Waals surface area (Å²) >= 11 is 0. The van der Waals surface area contributed by atoms with Gasteiger partial charge in [0.25, 0.3) is 0 Å². The van der Waals surface area contributed by atoms with Gasteiger partial charge in [0, 0.05) is 36.7 Å². The zero-order valence-electron chi connectivity index (χ0n) is 22.5. The molecule has 38 heavy (non-hydrogen) atoms. The Morgan fingerprint density at radius 1 is 0.684 bits per heavy atom. The average Bonchev–Trinajstić information content (AvgIpc) is 3.64. The van der Waals surface area contributed by atoms with Crippen molar-refractivity contribution in [2.24, 2.45) is 0 Å². The molecule has 2 amide bonds. The number of para-hydroxylation sites is 2. The van der Waals surface area contributed by atoms with E-state index in [1.54, 1.807) is 0 Å². The Balaban J connectivity index is 1.19. The number of amides is 2. The molecule has 2 aromatic carbocycles. The Bertz CT molecular complexity index is 1150.